The van der Waals surface area contributed by atoms with Crippen LogP contribution in [0.2, 0.25) is 0 Å². The second-order valence-electron chi connectivity index (χ2n) is 8.77. The fraction of sp³-hybridized carbons (Fsp3) is 0.545. The highest BCUT2D eigenvalue weighted by atomic mass is 32.2. The average molecular weight is 504 g/mol. The third kappa shape index (κ3) is 5.97. The molecule has 1 atom stereocenters. The van der Waals surface area contributed by atoms with Crippen molar-refractivity contribution in [1.82, 2.24) is 14.8 Å². The molecule has 34 heavy (non-hydrogen) atoms. The summed E-state index contributed by atoms with van der Waals surface area (Å²) in [5.74, 6) is -1.86. The lowest BCUT2D eigenvalue weighted by Crippen LogP contribution is -2.58. The maximum atomic E-state index is 12.7. The molecule has 12 heteroatoms. The Morgan fingerprint density at radius 3 is 2.24 bits per heavy atom. The number of aromatic nitrogens is 1. The first-order valence-electron chi connectivity index (χ1n) is 10.9. The number of halogens is 3. The Kier molecular flexibility index (Phi) is 7.73. The quantitative estimate of drug-likeness (QED) is 0.641. The number of hydrogen-bond donors (Lipinski definition) is 2. The van der Waals surface area contributed by atoms with E-state index in [-0.39, 0.29) is 11.5 Å². The van der Waals surface area contributed by atoms with Gasteiger partial charge in [-0.15, -0.1) is 0 Å². The normalized spacial score (nSPS) is 20.3. The Morgan fingerprint density at radius 1 is 1.21 bits per heavy atom. The first-order valence-corrected chi connectivity index (χ1v) is 12.3. The van der Waals surface area contributed by atoms with Crippen LogP contribution in [0.4, 0.5) is 13.2 Å². The van der Waals surface area contributed by atoms with Gasteiger partial charge < -0.3 is 9.63 Å². The fourth-order valence-electron chi connectivity index (χ4n) is 4.44. The molecule has 1 aliphatic carbocycles. The topological polar surface area (TPSA) is 113 Å². The minimum atomic E-state index is -5.08. The lowest BCUT2D eigenvalue weighted by Gasteiger charge is -2.54. The number of nitrogens with one attached hydrogen (secondary N) is 1. The Balaban J connectivity index is 0.000000406. The second-order valence-corrected chi connectivity index (χ2v) is 10.5. The molecule has 1 saturated carbocycles. The van der Waals surface area contributed by atoms with Gasteiger partial charge in [-0.2, -0.15) is 13.2 Å². The average Bonchev–Trinajstić information content (AvgIpc) is 3.10. The Bertz CT molecular complexity index is 1080. The monoisotopic (exact) mass is 503 g/mol. The van der Waals surface area contributed by atoms with E-state index in [0.717, 1.165) is 56.8 Å². The maximum absolute atomic E-state index is 12.7. The Labute approximate surface area is 196 Å². The number of benzene rings is 1. The number of sulfonamides is 1. The van der Waals surface area contributed by atoms with Gasteiger partial charge in [0.2, 0.25) is 10.0 Å². The minimum absolute atomic E-state index is 0.0453. The van der Waals surface area contributed by atoms with Crippen LogP contribution in [0, 0.1) is 19.3 Å². The van der Waals surface area contributed by atoms with Gasteiger partial charge in [0.05, 0.1) is 10.6 Å². The van der Waals surface area contributed by atoms with E-state index in [0.29, 0.717) is 4.90 Å². The summed E-state index contributed by atoms with van der Waals surface area (Å²) in [5, 5.41) is 11.2. The van der Waals surface area contributed by atoms with Crippen LogP contribution in [0.5, 0.6) is 0 Å². The number of carbonyl (C=O) groups is 1. The number of nitrogens with zero attached hydrogens (tertiary/aromatic N) is 2. The molecule has 2 aliphatic rings. The van der Waals surface area contributed by atoms with Crippen LogP contribution in [0.1, 0.15) is 42.7 Å². The molecule has 1 unspecified atom stereocenters. The maximum Gasteiger partial charge on any atom is 0.490 e. The summed E-state index contributed by atoms with van der Waals surface area (Å²) in [6.45, 7) is 6.76. The largest absolute Gasteiger partial charge is 0.490 e. The van der Waals surface area contributed by atoms with Crippen LogP contribution >= 0.6 is 0 Å². The highest BCUT2D eigenvalue weighted by Crippen LogP contribution is 2.49. The molecule has 1 aromatic heterocycles. The van der Waals surface area contributed by atoms with Gasteiger partial charge in [0, 0.05) is 18.2 Å². The Hall–Kier alpha value is -2.44. The third-order valence-electron chi connectivity index (χ3n) is 6.68. The second kappa shape index (κ2) is 10.0. The first kappa shape index (κ1) is 26.2. The lowest BCUT2D eigenvalue weighted by molar-refractivity contribution is -0.192. The number of carboxylic acid groups (broad SMARTS) is 1. The van der Waals surface area contributed by atoms with Crippen molar-refractivity contribution in [2.45, 2.75) is 63.2 Å². The number of carboxylic acids is 1. The molecule has 4 rings (SSSR count). The van der Waals surface area contributed by atoms with Crippen molar-refractivity contribution in [3.63, 3.8) is 0 Å². The van der Waals surface area contributed by atoms with Crippen LogP contribution in [0.15, 0.2) is 39.8 Å². The molecule has 0 radical (unpaired) electrons. The molecule has 1 aliphatic heterocycles. The Morgan fingerprint density at radius 2 is 1.79 bits per heavy atom. The third-order valence-corrected chi connectivity index (χ3v) is 8.17. The molecule has 1 aromatic carbocycles. The molecule has 188 valence electrons. The van der Waals surface area contributed by atoms with Crippen LogP contribution in [0.25, 0.3) is 0 Å². The van der Waals surface area contributed by atoms with Gasteiger partial charge in [-0.3, -0.25) is 4.90 Å². The molecule has 8 nitrogen and oxygen atoms in total. The number of likely N-dealkylation sites (tertiary alicyclic amines) is 1. The van der Waals surface area contributed by atoms with Gasteiger partial charge in [0.15, 0.2) is 0 Å². The fourth-order valence-corrected chi connectivity index (χ4v) is 5.84. The van der Waals surface area contributed by atoms with Gasteiger partial charge >= 0.3 is 12.1 Å². The highest BCUT2D eigenvalue weighted by molar-refractivity contribution is 7.89. The smallest absolute Gasteiger partial charge is 0.475 e. The first-order chi connectivity index (χ1) is 15.8. The summed E-state index contributed by atoms with van der Waals surface area (Å²) in [6, 6.07) is 8.71. The van der Waals surface area contributed by atoms with Crippen molar-refractivity contribution < 1.29 is 36.0 Å². The molecule has 0 bridgehead atoms. The van der Waals surface area contributed by atoms with E-state index in [1.54, 1.807) is 24.3 Å². The zero-order valence-corrected chi connectivity index (χ0v) is 19.7. The molecular weight excluding hydrogens is 475 g/mol. The molecule has 0 amide bonds. The molecule has 1 saturated heterocycles. The van der Waals surface area contributed by atoms with Crippen molar-refractivity contribution in [3.05, 3.63) is 47.3 Å². The van der Waals surface area contributed by atoms with Crippen LogP contribution in [0.3, 0.4) is 0 Å². The summed E-state index contributed by atoms with van der Waals surface area (Å²) in [4.78, 5) is 11.7. The molecule has 2 heterocycles. The van der Waals surface area contributed by atoms with Gasteiger partial charge in [-0.25, -0.2) is 17.9 Å². The number of piperidine rings is 1. The number of hydrogen-bond acceptors (Lipinski definition) is 6. The summed E-state index contributed by atoms with van der Waals surface area (Å²) in [7, 11) is -3.45. The van der Waals surface area contributed by atoms with Crippen molar-refractivity contribution in [1.29, 1.82) is 0 Å². The van der Waals surface area contributed by atoms with Crippen molar-refractivity contribution in [2.24, 2.45) is 5.41 Å². The summed E-state index contributed by atoms with van der Waals surface area (Å²) in [6.07, 6.45) is -0.999. The molecule has 2 N–H and O–H groups in total. The van der Waals surface area contributed by atoms with Gasteiger partial charge in [0.25, 0.3) is 0 Å². The predicted molar refractivity (Wildman–Crippen MR) is 116 cm³/mol. The number of rotatable bonds is 5. The van der Waals surface area contributed by atoms with Gasteiger partial charge in [0.1, 0.15) is 5.76 Å². The van der Waals surface area contributed by atoms with E-state index in [9.17, 15) is 21.6 Å². The molecule has 2 aromatic rings. The van der Waals surface area contributed by atoms with E-state index in [1.165, 1.54) is 5.56 Å². The van der Waals surface area contributed by atoms with E-state index < -0.39 is 22.2 Å². The van der Waals surface area contributed by atoms with E-state index >= 15 is 0 Å². The van der Waals surface area contributed by atoms with Crippen molar-refractivity contribution >= 4 is 16.0 Å². The van der Waals surface area contributed by atoms with Gasteiger partial charge in [-0.1, -0.05) is 23.4 Å². The molecule has 2 fully saturated rings. The number of aryl methyl sites for hydroxylation is 2. The van der Waals surface area contributed by atoms with Crippen molar-refractivity contribution in [3.8, 4) is 0 Å². The highest BCUT2D eigenvalue weighted by Gasteiger charge is 2.49. The van der Waals surface area contributed by atoms with E-state index in [1.807, 2.05) is 19.9 Å². The summed E-state index contributed by atoms with van der Waals surface area (Å²) >= 11 is 0. The summed E-state index contributed by atoms with van der Waals surface area (Å²) < 4.78 is 65.3. The van der Waals surface area contributed by atoms with Crippen LogP contribution < -0.4 is 4.72 Å². The zero-order chi connectivity index (χ0) is 25.1. The standard InChI is InChI=1S/C20H27N3O3S.C2HF3O2/c1-15-18(16(2)26-21-15)14-23-12-10-20(11-13-23)9-8-19(20)22-27(24,25)17-6-4-3-5-7-17;3-2(4,5)1(6)7/h3-7,19,22H,8-14H2,1-2H3;(H,6,7). The van der Waals surface area contributed by atoms with Gasteiger partial charge in [-0.05, 0) is 70.2 Å². The number of alkyl halides is 3. The summed E-state index contributed by atoms with van der Waals surface area (Å²) in [5.41, 5.74) is 2.25. The number of aliphatic carboxylic acids is 1. The van der Waals surface area contributed by atoms with Crippen LogP contribution in [-0.2, 0) is 21.4 Å². The van der Waals surface area contributed by atoms with E-state index in [4.69, 9.17) is 14.4 Å². The minimum Gasteiger partial charge on any atom is -0.475 e. The molecular formula is C22H28F3N3O5S. The SMILES string of the molecule is Cc1noc(C)c1CN1CCC2(CCC2NS(=O)(=O)c2ccccc2)CC1.O=C(O)C(F)(F)F. The predicted octanol–water partition coefficient (Wildman–Crippen LogP) is 3.65. The molecule has 1 spiro atoms. The van der Waals surface area contributed by atoms with Crippen LogP contribution in [-0.4, -0.2) is 54.9 Å². The lowest BCUT2D eigenvalue weighted by atomic mass is 9.59. The van der Waals surface area contributed by atoms with Crippen molar-refractivity contribution in [2.75, 3.05) is 13.1 Å². The zero-order valence-electron chi connectivity index (χ0n) is 18.9. The van der Waals surface area contributed by atoms with E-state index in [2.05, 4.69) is 14.8 Å².